The molecule has 0 radical (unpaired) electrons. The van der Waals surface area contributed by atoms with Crippen molar-refractivity contribution < 1.29 is 19.0 Å². The molecule has 4 nitrogen and oxygen atoms in total. The number of esters is 1. The lowest BCUT2D eigenvalue weighted by atomic mass is 10.0. The second-order valence-corrected chi connectivity index (χ2v) is 9.81. The van der Waals surface area contributed by atoms with Crippen molar-refractivity contribution in [1.29, 1.82) is 0 Å². The van der Waals surface area contributed by atoms with Crippen LogP contribution in [0, 0.1) is 0 Å². The van der Waals surface area contributed by atoms with E-state index < -0.39 is 6.29 Å². The number of unbranched alkanes of at least 4 members (excludes halogenated alkanes) is 6. The van der Waals surface area contributed by atoms with E-state index in [0.717, 1.165) is 37.0 Å². The minimum atomic E-state index is -0.512. The Kier molecular flexibility index (Phi) is 11.8. The van der Waals surface area contributed by atoms with Crippen molar-refractivity contribution in [2.75, 3.05) is 6.61 Å². The van der Waals surface area contributed by atoms with Crippen LogP contribution in [-0.2, 0) is 20.6 Å². The Hall–Kier alpha value is -2.17. The highest BCUT2D eigenvalue weighted by Crippen LogP contribution is 2.25. The molecule has 192 valence electrons. The molecule has 1 aliphatic heterocycles. The Balaban J connectivity index is 1.44. The fourth-order valence-electron chi connectivity index (χ4n) is 4.61. The summed E-state index contributed by atoms with van der Waals surface area (Å²) in [6.45, 7) is 7.23. The zero-order valence-electron chi connectivity index (χ0n) is 22.0. The van der Waals surface area contributed by atoms with E-state index in [-0.39, 0.29) is 18.2 Å². The Morgan fingerprint density at radius 1 is 0.829 bits per heavy atom. The normalized spacial score (nSPS) is 20.0. The van der Waals surface area contributed by atoms with Gasteiger partial charge in [0.05, 0.1) is 17.8 Å². The molecule has 35 heavy (non-hydrogen) atoms. The molecule has 4 heteroatoms. The van der Waals surface area contributed by atoms with Crippen LogP contribution in [-0.4, -0.2) is 31.1 Å². The summed E-state index contributed by atoms with van der Waals surface area (Å²) in [4.78, 5) is 12.7. The molecule has 0 N–H and O–H groups in total. The molecule has 2 aromatic rings. The molecule has 1 heterocycles. The van der Waals surface area contributed by atoms with Crippen LogP contribution in [0.25, 0.3) is 11.1 Å². The molecule has 0 aliphatic carbocycles. The van der Waals surface area contributed by atoms with E-state index in [4.69, 9.17) is 14.2 Å². The second kappa shape index (κ2) is 15.1. The molecule has 2 aromatic carbocycles. The fourth-order valence-corrected chi connectivity index (χ4v) is 4.61. The highest BCUT2D eigenvalue weighted by Gasteiger charge is 2.31. The SMILES string of the molecule is CCCCCCOC1CCC(OC(=O)c2ccc(-c3ccc(CCCCCC)cc3)cc2)OC1C. The number of carbonyl (C=O) groups excluding carboxylic acids is 1. The van der Waals surface area contributed by atoms with Gasteiger partial charge in [-0.3, -0.25) is 0 Å². The van der Waals surface area contributed by atoms with Crippen LogP contribution in [0.3, 0.4) is 0 Å². The standard InChI is InChI=1S/C31H44O4/c1-4-6-8-10-12-25-13-15-26(16-14-25)27-17-19-28(20-18-27)31(32)35-30-22-21-29(24(3)34-30)33-23-11-9-7-5-2/h13-20,24,29-30H,4-12,21-23H2,1-3H3. The third-order valence-electron chi connectivity index (χ3n) is 6.87. The van der Waals surface area contributed by atoms with Crippen LogP contribution in [0.5, 0.6) is 0 Å². The van der Waals surface area contributed by atoms with Gasteiger partial charge in [-0.1, -0.05) is 88.8 Å². The van der Waals surface area contributed by atoms with Gasteiger partial charge in [0, 0.05) is 13.0 Å². The molecule has 0 aromatic heterocycles. The van der Waals surface area contributed by atoms with E-state index in [1.807, 2.05) is 31.2 Å². The monoisotopic (exact) mass is 480 g/mol. The number of rotatable bonds is 14. The third-order valence-corrected chi connectivity index (χ3v) is 6.87. The average molecular weight is 481 g/mol. The van der Waals surface area contributed by atoms with Crippen LogP contribution in [0.4, 0.5) is 0 Å². The number of benzene rings is 2. The number of hydrogen-bond donors (Lipinski definition) is 0. The van der Waals surface area contributed by atoms with Gasteiger partial charge in [-0.25, -0.2) is 4.79 Å². The number of hydrogen-bond acceptors (Lipinski definition) is 4. The van der Waals surface area contributed by atoms with E-state index in [9.17, 15) is 4.79 Å². The molecule has 3 rings (SSSR count). The van der Waals surface area contributed by atoms with E-state index >= 15 is 0 Å². The van der Waals surface area contributed by atoms with Crippen molar-refractivity contribution in [3.05, 3.63) is 59.7 Å². The summed E-state index contributed by atoms with van der Waals surface area (Å²) >= 11 is 0. The second-order valence-electron chi connectivity index (χ2n) is 9.81. The molecular weight excluding hydrogens is 436 g/mol. The molecule has 1 aliphatic rings. The summed E-state index contributed by atoms with van der Waals surface area (Å²) in [7, 11) is 0. The van der Waals surface area contributed by atoms with Crippen LogP contribution >= 0.6 is 0 Å². The van der Waals surface area contributed by atoms with Gasteiger partial charge in [-0.2, -0.15) is 0 Å². The molecule has 0 saturated carbocycles. The first-order chi connectivity index (χ1) is 17.1. The van der Waals surface area contributed by atoms with E-state index in [1.54, 1.807) is 0 Å². The molecule has 0 spiro atoms. The predicted molar refractivity (Wildman–Crippen MR) is 143 cm³/mol. The zero-order valence-corrected chi connectivity index (χ0v) is 22.0. The first kappa shape index (κ1) is 27.4. The molecule has 1 fully saturated rings. The first-order valence-electron chi connectivity index (χ1n) is 13.8. The maximum Gasteiger partial charge on any atom is 0.340 e. The lowest BCUT2D eigenvalue weighted by Gasteiger charge is -2.34. The molecule has 3 unspecified atom stereocenters. The van der Waals surface area contributed by atoms with E-state index in [2.05, 4.69) is 38.1 Å². The Morgan fingerprint density at radius 2 is 1.46 bits per heavy atom. The molecule has 0 bridgehead atoms. The van der Waals surface area contributed by atoms with Crippen molar-refractivity contribution in [3.8, 4) is 11.1 Å². The quantitative estimate of drug-likeness (QED) is 0.202. The van der Waals surface area contributed by atoms with Crippen LogP contribution in [0.2, 0.25) is 0 Å². The Morgan fingerprint density at radius 3 is 2.09 bits per heavy atom. The number of ether oxygens (including phenoxy) is 3. The predicted octanol–water partition coefficient (Wildman–Crippen LogP) is 8.12. The van der Waals surface area contributed by atoms with Crippen molar-refractivity contribution in [1.82, 2.24) is 0 Å². The lowest BCUT2D eigenvalue weighted by molar-refractivity contribution is -0.204. The first-order valence-corrected chi connectivity index (χ1v) is 13.8. The van der Waals surface area contributed by atoms with Gasteiger partial charge in [0.2, 0.25) is 6.29 Å². The molecule has 3 atom stereocenters. The number of carbonyl (C=O) groups is 1. The van der Waals surface area contributed by atoms with Crippen LogP contribution in [0.1, 0.15) is 101 Å². The van der Waals surface area contributed by atoms with Gasteiger partial charge in [-0.05, 0) is 61.4 Å². The van der Waals surface area contributed by atoms with Gasteiger partial charge < -0.3 is 14.2 Å². The molecular formula is C31H44O4. The van der Waals surface area contributed by atoms with Crippen LogP contribution < -0.4 is 0 Å². The van der Waals surface area contributed by atoms with Crippen molar-refractivity contribution in [2.24, 2.45) is 0 Å². The summed E-state index contributed by atoms with van der Waals surface area (Å²) in [6.07, 6.45) is 12.1. The van der Waals surface area contributed by atoms with E-state index in [0.29, 0.717) is 12.0 Å². The topological polar surface area (TPSA) is 44.8 Å². The highest BCUT2D eigenvalue weighted by atomic mass is 16.7. The van der Waals surface area contributed by atoms with Gasteiger partial charge in [0.25, 0.3) is 0 Å². The summed E-state index contributed by atoms with van der Waals surface area (Å²) < 4.78 is 17.6. The van der Waals surface area contributed by atoms with Crippen molar-refractivity contribution in [3.63, 3.8) is 0 Å². The van der Waals surface area contributed by atoms with Crippen molar-refractivity contribution >= 4 is 5.97 Å². The van der Waals surface area contributed by atoms with Crippen LogP contribution in [0.15, 0.2) is 48.5 Å². The summed E-state index contributed by atoms with van der Waals surface area (Å²) in [6, 6.07) is 16.4. The van der Waals surface area contributed by atoms with Gasteiger partial charge in [0.1, 0.15) is 0 Å². The smallest absolute Gasteiger partial charge is 0.340 e. The van der Waals surface area contributed by atoms with Gasteiger partial charge in [-0.15, -0.1) is 0 Å². The largest absolute Gasteiger partial charge is 0.432 e. The molecule has 1 saturated heterocycles. The van der Waals surface area contributed by atoms with E-state index in [1.165, 1.54) is 50.5 Å². The fraction of sp³-hybridized carbons (Fsp3) is 0.581. The Bertz CT molecular complexity index is 859. The summed E-state index contributed by atoms with van der Waals surface area (Å²) in [5, 5.41) is 0. The minimum Gasteiger partial charge on any atom is -0.432 e. The molecule has 0 amide bonds. The van der Waals surface area contributed by atoms with Crippen molar-refractivity contribution in [2.45, 2.75) is 110 Å². The third kappa shape index (κ3) is 9.09. The minimum absolute atomic E-state index is 0.0774. The van der Waals surface area contributed by atoms with Gasteiger partial charge in [0.15, 0.2) is 0 Å². The summed E-state index contributed by atoms with van der Waals surface area (Å²) in [5.74, 6) is -0.338. The average Bonchev–Trinajstić information content (AvgIpc) is 2.88. The summed E-state index contributed by atoms with van der Waals surface area (Å²) in [5.41, 5.74) is 4.19. The van der Waals surface area contributed by atoms with Gasteiger partial charge >= 0.3 is 5.97 Å². The Labute approximate surface area is 212 Å². The highest BCUT2D eigenvalue weighted by molar-refractivity contribution is 5.90. The lowest BCUT2D eigenvalue weighted by Crippen LogP contribution is -2.40. The zero-order chi connectivity index (χ0) is 24.9. The maximum absolute atomic E-state index is 12.7. The number of aryl methyl sites for hydroxylation is 1. The maximum atomic E-state index is 12.7.